The number of ether oxygens (including phenoxy) is 2. The Kier molecular flexibility index (Phi) is 3.37. The van der Waals surface area contributed by atoms with Gasteiger partial charge in [0.1, 0.15) is 5.75 Å². The summed E-state index contributed by atoms with van der Waals surface area (Å²) in [6.07, 6.45) is 6.71. The van der Waals surface area contributed by atoms with Gasteiger partial charge in [0.25, 0.3) is 0 Å². The molecule has 0 spiro atoms. The minimum Gasteiger partial charge on any atom is -0.497 e. The highest BCUT2D eigenvalue weighted by molar-refractivity contribution is 5.53. The van der Waals surface area contributed by atoms with Crippen LogP contribution in [0.2, 0.25) is 0 Å². The van der Waals surface area contributed by atoms with Crippen LogP contribution in [0, 0.1) is 0 Å². The van der Waals surface area contributed by atoms with E-state index in [-0.39, 0.29) is 11.0 Å². The summed E-state index contributed by atoms with van der Waals surface area (Å²) in [6.45, 7) is 2.42. The maximum Gasteiger partial charge on any atom is 0.119 e. The van der Waals surface area contributed by atoms with Gasteiger partial charge in [-0.05, 0) is 67.4 Å². The van der Waals surface area contributed by atoms with E-state index in [0.29, 0.717) is 6.10 Å². The SMILES string of the molecule is COc1ccc2c(c1)CCC1=C3C[C@H](OC)C[C@]3(N)CC[C@]12C. The van der Waals surface area contributed by atoms with Crippen molar-refractivity contribution in [1.82, 2.24) is 0 Å². The lowest BCUT2D eigenvalue weighted by molar-refractivity contribution is 0.103. The van der Waals surface area contributed by atoms with Crippen LogP contribution in [0.1, 0.15) is 50.2 Å². The van der Waals surface area contributed by atoms with Crippen molar-refractivity contribution in [3.05, 3.63) is 40.5 Å². The molecule has 0 saturated heterocycles. The van der Waals surface area contributed by atoms with E-state index in [0.717, 1.165) is 44.3 Å². The Morgan fingerprint density at radius 3 is 2.70 bits per heavy atom. The predicted octanol–water partition coefficient (Wildman–Crippen LogP) is 3.50. The van der Waals surface area contributed by atoms with Gasteiger partial charge in [-0.15, -0.1) is 0 Å². The molecule has 3 aliphatic rings. The molecule has 0 amide bonds. The van der Waals surface area contributed by atoms with Crippen LogP contribution in [-0.2, 0) is 16.6 Å². The zero-order valence-corrected chi connectivity index (χ0v) is 14.4. The third-order valence-corrected chi connectivity index (χ3v) is 6.61. The second-order valence-corrected chi connectivity index (χ2v) is 7.73. The van der Waals surface area contributed by atoms with Gasteiger partial charge in [0.2, 0.25) is 0 Å². The summed E-state index contributed by atoms with van der Waals surface area (Å²) in [6, 6.07) is 6.60. The molecule has 3 heteroatoms. The van der Waals surface area contributed by atoms with Gasteiger partial charge < -0.3 is 15.2 Å². The van der Waals surface area contributed by atoms with Crippen molar-refractivity contribution >= 4 is 0 Å². The molecule has 0 aromatic heterocycles. The lowest BCUT2D eigenvalue weighted by atomic mass is 9.58. The molecule has 3 atom stereocenters. The van der Waals surface area contributed by atoms with Crippen LogP contribution in [-0.4, -0.2) is 25.9 Å². The van der Waals surface area contributed by atoms with E-state index in [1.54, 1.807) is 12.7 Å². The number of methoxy groups -OCH3 is 2. The smallest absolute Gasteiger partial charge is 0.119 e. The van der Waals surface area contributed by atoms with Crippen LogP contribution in [0.3, 0.4) is 0 Å². The lowest BCUT2D eigenvalue weighted by Crippen LogP contribution is -2.48. The first-order valence-corrected chi connectivity index (χ1v) is 8.72. The average molecular weight is 313 g/mol. The van der Waals surface area contributed by atoms with Gasteiger partial charge in [0.05, 0.1) is 13.2 Å². The number of aryl methyl sites for hydroxylation is 1. The minimum atomic E-state index is -0.126. The molecule has 1 aromatic rings. The Morgan fingerprint density at radius 1 is 1.13 bits per heavy atom. The Labute approximate surface area is 138 Å². The van der Waals surface area contributed by atoms with Crippen LogP contribution >= 0.6 is 0 Å². The highest BCUT2D eigenvalue weighted by Gasteiger charge is 2.51. The fourth-order valence-corrected chi connectivity index (χ4v) is 5.26. The van der Waals surface area contributed by atoms with E-state index in [1.807, 2.05) is 7.11 Å². The van der Waals surface area contributed by atoms with Gasteiger partial charge in [-0.2, -0.15) is 0 Å². The van der Waals surface area contributed by atoms with Gasteiger partial charge in [0, 0.05) is 18.1 Å². The van der Waals surface area contributed by atoms with Crippen molar-refractivity contribution in [3.63, 3.8) is 0 Å². The quantitative estimate of drug-likeness (QED) is 0.850. The molecule has 3 nitrogen and oxygen atoms in total. The summed E-state index contributed by atoms with van der Waals surface area (Å²) in [5.74, 6) is 0.966. The summed E-state index contributed by atoms with van der Waals surface area (Å²) in [5, 5.41) is 0. The molecular formula is C20H27NO2. The van der Waals surface area contributed by atoms with E-state index in [4.69, 9.17) is 15.2 Å². The second kappa shape index (κ2) is 5.09. The van der Waals surface area contributed by atoms with Crippen LogP contribution in [0.25, 0.3) is 0 Å². The summed E-state index contributed by atoms with van der Waals surface area (Å²) >= 11 is 0. The molecule has 0 heterocycles. The summed E-state index contributed by atoms with van der Waals surface area (Å²) in [7, 11) is 3.56. The first kappa shape index (κ1) is 15.2. The number of hydrogen-bond acceptors (Lipinski definition) is 3. The van der Waals surface area contributed by atoms with Crippen LogP contribution in [0.4, 0.5) is 0 Å². The van der Waals surface area contributed by atoms with E-state index < -0.39 is 0 Å². The molecule has 4 rings (SSSR count). The molecular weight excluding hydrogens is 286 g/mol. The average Bonchev–Trinajstić information content (AvgIpc) is 2.91. The largest absolute Gasteiger partial charge is 0.497 e. The monoisotopic (exact) mass is 313 g/mol. The molecule has 1 aromatic carbocycles. The van der Waals surface area contributed by atoms with E-state index in [9.17, 15) is 0 Å². The number of rotatable bonds is 2. The highest BCUT2D eigenvalue weighted by Crippen LogP contribution is 2.55. The minimum absolute atomic E-state index is 0.126. The number of fused-ring (bicyclic) bond motifs is 4. The van der Waals surface area contributed by atoms with Crippen molar-refractivity contribution in [2.24, 2.45) is 5.73 Å². The van der Waals surface area contributed by atoms with Gasteiger partial charge in [-0.25, -0.2) is 0 Å². The van der Waals surface area contributed by atoms with E-state index in [2.05, 4.69) is 25.1 Å². The number of benzene rings is 1. The third kappa shape index (κ3) is 2.10. The molecule has 3 aliphatic carbocycles. The Balaban J connectivity index is 1.83. The molecule has 0 aliphatic heterocycles. The third-order valence-electron chi connectivity index (χ3n) is 6.61. The predicted molar refractivity (Wildman–Crippen MR) is 91.9 cm³/mol. The van der Waals surface area contributed by atoms with Gasteiger partial charge in [-0.3, -0.25) is 0 Å². The molecule has 0 bridgehead atoms. The van der Waals surface area contributed by atoms with Crippen molar-refractivity contribution < 1.29 is 9.47 Å². The molecule has 2 N–H and O–H groups in total. The van der Waals surface area contributed by atoms with Gasteiger partial charge in [-0.1, -0.05) is 18.6 Å². The van der Waals surface area contributed by atoms with Crippen molar-refractivity contribution in [1.29, 1.82) is 0 Å². The van der Waals surface area contributed by atoms with Crippen LogP contribution in [0.15, 0.2) is 29.3 Å². The summed E-state index contributed by atoms with van der Waals surface area (Å²) < 4.78 is 11.1. The summed E-state index contributed by atoms with van der Waals surface area (Å²) in [5.41, 5.74) is 12.8. The molecule has 23 heavy (non-hydrogen) atoms. The van der Waals surface area contributed by atoms with Crippen molar-refractivity contribution in [3.8, 4) is 5.75 Å². The van der Waals surface area contributed by atoms with Crippen LogP contribution in [0.5, 0.6) is 5.75 Å². The van der Waals surface area contributed by atoms with Gasteiger partial charge in [0.15, 0.2) is 0 Å². The molecule has 1 saturated carbocycles. The normalized spacial score (nSPS) is 35.6. The first-order valence-electron chi connectivity index (χ1n) is 8.72. The molecule has 0 radical (unpaired) electrons. The zero-order chi connectivity index (χ0) is 16.2. The Morgan fingerprint density at radius 2 is 1.96 bits per heavy atom. The molecule has 1 fully saturated rings. The highest BCUT2D eigenvalue weighted by atomic mass is 16.5. The number of hydrogen-bond donors (Lipinski definition) is 1. The van der Waals surface area contributed by atoms with Crippen molar-refractivity contribution in [2.45, 2.75) is 62.5 Å². The number of allylic oxidation sites excluding steroid dienone is 1. The maximum absolute atomic E-state index is 6.80. The lowest BCUT2D eigenvalue weighted by Gasteiger charge is -2.47. The fourth-order valence-electron chi connectivity index (χ4n) is 5.26. The van der Waals surface area contributed by atoms with E-state index >= 15 is 0 Å². The molecule has 0 unspecified atom stereocenters. The van der Waals surface area contributed by atoms with Crippen LogP contribution < -0.4 is 10.5 Å². The second-order valence-electron chi connectivity index (χ2n) is 7.73. The summed E-state index contributed by atoms with van der Waals surface area (Å²) in [4.78, 5) is 0. The Hall–Kier alpha value is -1.32. The zero-order valence-electron chi connectivity index (χ0n) is 14.4. The standard InChI is InChI=1S/C20H27NO2/c1-19-8-9-20(21)12-15(23-3)11-18(20)17(19)6-4-13-10-14(22-2)5-7-16(13)19/h5,7,10,15H,4,6,8-9,11-12,21H2,1-3H3/t15-,19-,20+/m0/s1. The first-order chi connectivity index (χ1) is 11.0. The van der Waals surface area contributed by atoms with Gasteiger partial charge >= 0.3 is 0 Å². The molecule has 124 valence electrons. The van der Waals surface area contributed by atoms with Crippen molar-refractivity contribution in [2.75, 3.05) is 14.2 Å². The Bertz CT molecular complexity index is 680. The maximum atomic E-state index is 6.80. The number of nitrogens with two attached hydrogens (primary N) is 1. The van der Waals surface area contributed by atoms with E-state index in [1.165, 1.54) is 16.7 Å². The fraction of sp³-hybridized carbons (Fsp3) is 0.600. The topological polar surface area (TPSA) is 44.5 Å².